The van der Waals surface area contributed by atoms with Crippen LogP contribution in [0.2, 0.25) is 0 Å². The average molecular weight is 562 g/mol. The van der Waals surface area contributed by atoms with Gasteiger partial charge in [0.05, 0.1) is 17.1 Å². The first-order chi connectivity index (χ1) is 20.0. The molecule has 1 aliphatic heterocycles. The van der Waals surface area contributed by atoms with Crippen molar-refractivity contribution in [1.29, 1.82) is 0 Å². The van der Waals surface area contributed by atoms with E-state index in [1.165, 1.54) is 22.9 Å². The summed E-state index contributed by atoms with van der Waals surface area (Å²) in [6.07, 6.45) is 2.79. The molecule has 5 rings (SSSR count). The molecular formula is C35H35N3O2S. The number of hydrogen-bond acceptors (Lipinski definition) is 4. The monoisotopic (exact) mass is 561 g/mol. The zero-order valence-electron chi connectivity index (χ0n) is 23.5. The van der Waals surface area contributed by atoms with Crippen LogP contribution in [0.4, 0.5) is 5.69 Å². The van der Waals surface area contributed by atoms with Gasteiger partial charge in [-0.3, -0.25) is 9.59 Å². The van der Waals surface area contributed by atoms with Gasteiger partial charge in [0.1, 0.15) is 0 Å². The number of aryl methyl sites for hydroxylation is 1. The van der Waals surface area contributed by atoms with Crippen molar-refractivity contribution in [3.05, 3.63) is 136 Å². The molecule has 6 heteroatoms. The molecule has 0 fully saturated rings. The molecule has 5 nitrogen and oxygen atoms in total. The maximum absolute atomic E-state index is 13.6. The van der Waals surface area contributed by atoms with Gasteiger partial charge in [-0.25, -0.2) is 0 Å². The van der Waals surface area contributed by atoms with E-state index in [1.807, 2.05) is 65.6 Å². The van der Waals surface area contributed by atoms with Gasteiger partial charge >= 0.3 is 0 Å². The number of amides is 2. The molecule has 0 atom stereocenters. The predicted molar refractivity (Wildman–Crippen MR) is 169 cm³/mol. The molecule has 0 saturated carbocycles. The van der Waals surface area contributed by atoms with Crippen LogP contribution in [0.15, 0.2) is 113 Å². The highest BCUT2D eigenvalue weighted by atomic mass is 32.2. The topological polar surface area (TPSA) is 52.7 Å². The maximum atomic E-state index is 13.6. The minimum absolute atomic E-state index is 0.0192. The number of hydrogen-bond donors (Lipinski definition) is 1. The minimum atomic E-state index is -0.0868. The third kappa shape index (κ3) is 7.54. The first-order valence-corrected chi connectivity index (χ1v) is 14.7. The number of nitrogens with one attached hydrogen (secondary N) is 1. The van der Waals surface area contributed by atoms with Gasteiger partial charge in [-0.1, -0.05) is 96.2 Å². The van der Waals surface area contributed by atoms with Gasteiger partial charge in [-0.05, 0) is 74.0 Å². The van der Waals surface area contributed by atoms with Gasteiger partial charge < -0.3 is 15.1 Å². The van der Waals surface area contributed by atoms with Crippen molar-refractivity contribution in [2.75, 3.05) is 25.0 Å². The van der Waals surface area contributed by atoms with Crippen LogP contribution in [-0.4, -0.2) is 36.9 Å². The van der Waals surface area contributed by atoms with E-state index in [9.17, 15) is 9.59 Å². The van der Waals surface area contributed by atoms with E-state index in [0.29, 0.717) is 23.6 Å². The second kappa shape index (κ2) is 13.5. The fourth-order valence-corrected chi connectivity index (χ4v) is 5.98. The lowest BCUT2D eigenvalue weighted by Crippen LogP contribution is -2.33. The van der Waals surface area contributed by atoms with Crippen LogP contribution in [0.1, 0.15) is 39.0 Å². The molecule has 0 aromatic heterocycles. The van der Waals surface area contributed by atoms with Gasteiger partial charge in [0.2, 0.25) is 0 Å². The molecule has 0 saturated heterocycles. The summed E-state index contributed by atoms with van der Waals surface area (Å²) in [6, 6.07) is 34.1. The predicted octanol–water partition coefficient (Wildman–Crippen LogP) is 6.93. The largest absolute Gasteiger partial charge is 0.352 e. The Morgan fingerprint density at radius 1 is 0.902 bits per heavy atom. The molecule has 1 N–H and O–H groups in total. The Balaban J connectivity index is 1.19. The molecule has 4 aromatic rings. The summed E-state index contributed by atoms with van der Waals surface area (Å²) >= 11 is 1.49. The van der Waals surface area contributed by atoms with Crippen molar-refractivity contribution in [2.24, 2.45) is 0 Å². The average Bonchev–Trinajstić information content (AvgIpc) is 2.98. The van der Waals surface area contributed by atoms with Crippen LogP contribution in [0, 0.1) is 6.92 Å². The first-order valence-electron chi connectivity index (χ1n) is 13.9. The number of fused-ring (bicyclic) bond motifs is 1. The second-order valence-corrected chi connectivity index (χ2v) is 11.5. The molecule has 0 radical (unpaired) electrons. The quantitative estimate of drug-likeness (QED) is 0.169. The van der Waals surface area contributed by atoms with Crippen LogP contribution in [0.5, 0.6) is 0 Å². The molecule has 4 aromatic carbocycles. The standard InChI is InChI=1S/C35H35N3O2S/c1-26-10-8-13-29(22-26)25-38-31-14-6-7-15-32(31)41-33(35(38)40)23-27-16-18-30(19-17-27)34(39)36-20-9-21-37(2)24-28-11-4-3-5-12-28/h3-8,10-19,22-23H,9,20-21,24-25H2,1-2H3,(H,36,39). The molecule has 41 heavy (non-hydrogen) atoms. The number of carbonyl (C=O) groups excluding carboxylic acids is 2. The lowest BCUT2D eigenvalue weighted by atomic mass is 10.1. The zero-order chi connectivity index (χ0) is 28.6. The van der Waals surface area contributed by atoms with Gasteiger partial charge in [-0.2, -0.15) is 0 Å². The Morgan fingerprint density at radius 2 is 1.63 bits per heavy atom. The lowest BCUT2D eigenvalue weighted by Gasteiger charge is -2.30. The number of anilines is 1. The fraction of sp³-hybridized carbons (Fsp3) is 0.200. The van der Waals surface area contributed by atoms with Gasteiger partial charge in [-0.15, -0.1) is 0 Å². The van der Waals surface area contributed by atoms with Crippen molar-refractivity contribution >= 4 is 35.3 Å². The summed E-state index contributed by atoms with van der Waals surface area (Å²) in [5.41, 5.74) is 5.97. The third-order valence-corrected chi connectivity index (χ3v) is 8.10. The van der Waals surface area contributed by atoms with Crippen molar-refractivity contribution in [3.8, 4) is 0 Å². The number of benzene rings is 4. The van der Waals surface area contributed by atoms with E-state index in [4.69, 9.17) is 0 Å². The fourth-order valence-electron chi connectivity index (χ4n) is 4.92. The Kier molecular flexibility index (Phi) is 9.34. The van der Waals surface area contributed by atoms with Crippen molar-refractivity contribution in [1.82, 2.24) is 10.2 Å². The molecular weight excluding hydrogens is 526 g/mol. The first kappa shape index (κ1) is 28.4. The highest BCUT2D eigenvalue weighted by Gasteiger charge is 2.29. The Hall–Kier alpha value is -4.13. The van der Waals surface area contributed by atoms with E-state index in [-0.39, 0.29) is 11.8 Å². The van der Waals surface area contributed by atoms with Crippen LogP contribution in [-0.2, 0) is 17.9 Å². The van der Waals surface area contributed by atoms with Crippen molar-refractivity contribution in [3.63, 3.8) is 0 Å². The Labute approximate surface area is 246 Å². The summed E-state index contributed by atoms with van der Waals surface area (Å²) in [5.74, 6) is -0.106. The van der Waals surface area contributed by atoms with Crippen molar-refractivity contribution < 1.29 is 9.59 Å². The maximum Gasteiger partial charge on any atom is 0.265 e. The van der Waals surface area contributed by atoms with E-state index < -0.39 is 0 Å². The van der Waals surface area contributed by atoms with Crippen LogP contribution in [0.25, 0.3) is 6.08 Å². The molecule has 0 aliphatic carbocycles. The van der Waals surface area contributed by atoms with E-state index in [1.54, 1.807) is 0 Å². The molecule has 1 heterocycles. The van der Waals surface area contributed by atoms with E-state index in [2.05, 4.69) is 72.7 Å². The Bertz CT molecular complexity index is 1530. The van der Waals surface area contributed by atoms with Gasteiger partial charge in [0, 0.05) is 23.5 Å². The zero-order valence-corrected chi connectivity index (χ0v) is 24.4. The van der Waals surface area contributed by atoms with Crippen LogP contribution in [0.3, 0.4) is 0 Å². The minimum Gasteiger partial charge on any atom is -0.352 e. The van der Waals surface area contributed by atoms with Crippen LogP contribution < -0.4 is 10.2 Å². The SMILES string of the molecule is Cc1cccc(CN2C(=O)C(=Cc3ccc(C(=O)NCCCN(C)Cc4ccccc4)cc3)Sc3ccccc32)c1. The molecule has 0 bridgehead atoms. The van der Waals surface area contributed by atoms with Gasteiger partial charge in [0.15, 0.2) is 0 Å². The van der Waals surface area contributed by atoms with Gasteiger partial charge in [0.25, 0.3) is 11.8 Å². The second-order valence-electron chi connectivity index (χ2n) is 10.4. The molecule has 0 unspecified atom stereocenters. The molecule has 2 amide bonds. The third-order valence-electron chi connectivity index (χ3n) is 7.02. The summed E-state index contributed by atoms with van der Waals surface area (Å²) in [5, 5.41) is 3.02. The number of para-hydroxylation sites is 1. The van der Waals surface area contributed by atoms with E-state index in [0.717, 1.165) is 41.2 Å². The number of thioether (sulfide) groups is 1. The summed E-state index contributed by atoms with van der Waals surface area (Å²) in [6.45, 7) is 4.98. The smallest absolute Gasteiger partial charge is 0.265 e. The highest BCUT2D eigenvalue weighted by Crippen LogP contribution is 2.42. The van der Waals surface area contributed by atoms with E-state index >= 15 is 0 Å². The normalized spacial score (nSPS) is 13.9. The highest BCUT2D eigenvalue weighted by molar-refractivity contribution is 8.04. The summed E-state index contributed by atoms with van der Waals surface area (Å²) < 4.78 is 0. The Morgan fingerprint density at radius 3 is 2.41 bits per heavy atom. The molecule has 0 spiro atoms. The van der Waals surface area contributed by atoms with Crippen LogP contribution >= 0.6 is 11.8 Å². The number of carbonyl (C=O) groups is 2. The van der Waals surface area contributed by atoms with Crippen molar-refractivity contribution in [2.45, 2.75) is 31.3 Å². The molecule has 208 valence electrons. The lowest BCUT2D eigenvalue weighted by molar-refractivity contribution is -0.114. The summed E-state index contributed by atoms with van der Waals surface area (Å²) in [7, 11) is 2.10. The summed E-state index contributed by atoms with van der Waals surface area (Å²) in [4.78, 5) is 32.2. The number of nitrogens with zero attached hydrogens (tertiary/aromatic N) is 2. The number of rotatable bonds is 10. The molecule has 1 aliphatic rings.